The molecule has 2 rings (SSSR count). The number of ether oxygens (including phenoxy) is 1. The smallest absolute Gasteiger partial charge is 0.258 e. The second-order valence-electron chi connectivity index (χ2n) is 5.10. The van der Waals surface area contributed by atoms with E-state index in [9.17, 15) is 9.59 Å². The van der Waals surface area contributed by atoms with Crippen LogP contribution in [-0.2, 0) is 4.79 Å². The van der Waals surface area contributed by atoms with Crippen LogP contribution in [0.25, 0.3) is 0 Å². The van der Waals surface area contributed by atoms with Crippen molar-refractivity contribution in [2.24, 2.45) is 5.73 Å². The summed E-state index contributed by atoms with van der Waals surface area (Å²) < 4.78 is 5.38. The molecular weight excluding hydrogens is 351 g/mol. The van der Waals surface area contributed by atoms with Crippen LogP contribution in [0, 0.1) is 0 Å². The number of hydrogen-bond donors (Lipinski definition) is 2. The molecule has 2 aromatic carbocycles. The predicted molar refractivity (Wildman–Crippen MR) is 93.5 cm³/mol. The number of hydrogen-bond acceptors (Lipinski definition) is 3. The molecule has 2 amide bonds. The highest BCUT2D eigenvalue weighted by Gasteiger charge is 2.15. The van der Waals surface area contributed by atoms with Crippen LogP contribution in [0.4, 0.5) is 0 Å². The molecule has 0 aliphatic heterocycles. The van der Waals surface area contributed by atoms with Crippen molar-refractivity contribution in [2.75, 3.05) is 6.61 Å². The zero-order valence-electron chi connectivity index (χ0n) is 12.9. The summed E-state index contributed by atoms with van der Waals surface area (Å²) in [5.74, 6) is -0.711. The Balaban J connectivity index is 1.97. The van der Waals surface area contributed by atoms with Crippen LogP contribution in [0.2, 0.25) is 10.0 Å². The maximum Gasteiger partial charge on any atom is 0.258 e. The summed E-state index contributed by atoms with van der Waals surface area (Å²) in [4.78, 5) is 23.3. The van der Waals surface area contributed by atoms with E-state index in [1.165, 1.54) is 6.07 Å². The molecule has 1 atom stereocenters. The highest BCUT2D eigenvalue weighted by atomic mass is 35.5. The first-order valence-corrected chi connectivity index (χ1v) is 7.90. The summed E-state index contributed by atoms with van der Waals surface area (Å²) in [6.45, 7) is 1.55. The average molecular weight is 367 g/mol. The van der Waals surface area contributed by atoms with Gasteiger partial charge >= 0.3 is 0 Å². The van der Waals surface area contributed by atoms with Crippen molar-refractivity contribution in [3.63, 3.8) is 0 Å². The number of carbonyl (C=O) groups excluding carboxylic acids is 2. The largest absolute Gasteiger partial charge is 0.483 e. The van der Waals surface area contributed by atoms with E-state index in [4.69, 9.17) is 33.7 Å². The van der Waals surface area contributed by atoms with E-state index in [2.05, 4.69) is 5.32 Å². The molecule has 0 radical (unpaired) electrons. The molecule has 0 unspecified atom stereocenters. The van der Waals surface area contributed by atoms with Crippen LogP contribution in [0.1, 0.15) is 28.9 Å². The number of rotatable bonds is 6. The molecule has 0 aromatic heterocycles. The number of carbonyl (C=O) groups is 2. The van der Waals surface area contributed by atoms with Crippen molar-refractivity contribution in [3.05, 3.63) is 63.6 Å². The zero-order valence-corrected chi connectivity index (χ0v) is 14.4. The fraction of sp³-hybridized carbons (Fsp3) is 0.176. The third-order valence-corrected chi connectivity index (χ3v) is 3.88. The lowest BCUT2D eigenvalue weighted by molar-refractivity contribution is -0.123. The van der Waals surface area contributed by atoms with Crippen molar-refractivity contribution < 1.29 is 14.3 Å². The summed E-state index contributed by atoms with van der Waals surface area (Å²) in [5.41, 5.74) is 6.23. The molecule has 0 heterocycles. The van der Waals surface area contributed by atoms with E-state index in [0.717, 1.165) is 5.56 Å². The molecule has 7 heteroatoms. The van der Waals surface area contributed by atoms with Gasteiger partial charge in [0.2, 0.25) is 0 Å². The zero-order chi connectivity index (χ0) is 17.7. The Labute approximate surface area is 149 Å². The predicted octanol–water partition coefficient (Wildman–Crippen LogP) is 3.35. The molecule has 0 bridgehead atoms. The molecule has 24 heavy (non-hydrogen) atoms. The van der Waals surface area contributed by atoms with Crippen molar-refractivity contribution in [3.8, 4) is 5.75 Å². The van der Waals surface area contributed by atoms with E-state index in [1.54, 1.807) is 43.3 Å². The van der Waals surface area contributed by atoms with Gasteiger partial charge in [0.15, 0.2) is 6.61 Å². The van der Waals surface area contributed by atoms with Gasteiger partial charge in [-0.3, -0.25) is 9.59 Å². The highest BCUT2D eigenvalue weighted by Crippen LogP contribution is 2.26. The number of halogens is 2. The Bertz CT molecular complexity index is 765. The van der Waals surface area contributed by atoms with Gasteiger partial charge in [-0.05, 0) is 36.8 Å². The molecule has 0 saturated heterocycles. The number of para-hydroxylation sites is 1. The fourth-order valence-electron chi connectivity index (χ4n) is 2.15. The van der Waals surface area contributed by atoms with Gasteiger partial charge in [0.25, 0.3) is 11.8 Å². The van der Waals surface area contributed by atoms with Gasteiger partial charge in [-0.2, -0.15) is 0 Å². The minimum absolute atomic E-state index is 0.221. The van der Waals surface area contributed by atoms with Crippen LogP contribution in [0.5, 0.6) is 5.75 Å². The maximum absolute atomic E-state index is 12.0. The molecule has 5 nitrogen and oxygen atoms in total. The van der Waals surface area contributed by atoms with E-state index in [-0.39, 0.29) is 29.9 Å². The van der Waals surface area contributed by atoms with Crippen molar-refractivity contribution in [1.82, 2.24) is 5.32 Å². The molecule has 0 fully saturated rings. The van der Waals surface area contributed by atoms with Crippen LogP contribution < -0.4 is 15.8 Å². The summed E-state index contributed by atoms with van der Waals surface area (Å²) in [6.07, 6.45) is 0. The Morgan fingerprint density at radius 2 is 1.92 bits per heavy atom. The monoisotopic (exact) mass is 366 g/mol. The van der Waals surface area contributed by atoms with Crippen molar-refractivity contribution in [2.45, 2.75) is 13.0 Å². The molecule has 3 N–H and O–H groups in total. The SMILES string of the molecule is C[C@H](NC(=O)COc1ccccc1C(N)=O)c1ccc(Cl)cc1Cl. The van der Waals surface area contributed by atoms with E-state index >= 15 is 0 Å². The maximum atomic E-state index is 12.0. The lowest BCUT2D eigenvalue weighted by atomic mass is 10.1. The number of nitrogens with one attached hydrogen (secondary N) is 1. The lowest BCUT2D eigenvalue weighted by Gasteiger charge is -2.16. The first-order valence-electron chi connectivity index (χ1n) is 7.14. The van der Waals surface area contributed by atoms with Gasteiger partial charge in [-0.25, -0.2) is 0 Å². The Kier molecular flexibility index (Phi) is 6.06. The molecule has 126 valence electrons. The third kappa shape index (κ3) is 4.63. The van der Waals surface area contributed by atoms with Gasteiger partial charge in [-0.1, -0.05) is 41.4 Å². The topological polar surface area (TPSA) is 81.4 Å². The third-order valence-electron chi connectivity index (χ3n) is 3.32. The number of nitrogens with two attached hydrogens (primary N) is 1. The molecule has 0 aliphatic rings. The molecule has 0 spiro atoms. The number of amides is 2. The summed E-state index contributed by atoms with van der Waals surface area (Å²) in [5, 5.41) is 3.76. The fourth-order valence-corrected chi connectivity index (χ4v) is 2.73. The van der Waals surface area contributed by atoms with E-state index < -0.39 is 5.91 Å². The summed E-state index contributed by atoms with van der Waals surface area (Å²) >= 11 is 12.0. The molecule has 2 aromatic rings. The second-order valence-corrected chi connectivity index (χ2v) is 5.95. The minimum Gasteiger partial charge on any atom is -0.483 e. The first-order chi connectivity index (χ1) is 11.4. The normalized spacial score (nSPS) is 11.6. The highest BCUT2D eigenvalue weighted by molar-refractivity contribution is 6.35. The van der Waals surface area contributed by atoms with E-state index in [1.807, 2.05) is 0 Å². The average Bonchev–Trinajstić information content (AvgIpc) is 2.52. The number of primary amides is 1. The van der Waals surface area contributed by atoms with Gasteiger partial charge in [0.1, 0.15) is 5.75 Å². The van der Waals surface area contributed by atoms with Gasteiger partial charge in [0, 0.05) is 10.0 Å². The summed E-state index contributed by atoms with van der Waals surface area (Å²) in [6, 6.07) is 11.2. The standard InChI is InChI=1S/C17H16Cl2N2O3/c1-10(12-7-6-11(18)8-14(12)19)21-16(22)9-24-15-5-3-2-4-13(15)17(20)23/h2-8,10H,9H2,1H3,(H2,20,23)(H,21,22)/t10-/m0/s1. The first kappa shape index (κ1) is 18.1. The molecule has 0 aliphatic carbocycles. The Morgan fingerprint density at radius 3 is 2.58 bits per heavy atom. The quantitative estimate of drug-likeness (QED) is 0.822. The summed E-state index contributed by atoms with van der Waals surface area (Å²) in [7, 11) is 0. The van der Waals surface area contributed by atoms with Crippen LogP contribution in [-0.4, -0.2) is 18.4 Å². The second kappa shape index (κ2) is 8.04. The van der Waals surface area contributed by atoms with Gasteiger partial charge in [-0.15, -0.1) is 0 Å². The number of benzene rings is 2. The van der Waals surface area contributed by atoms with Crippen LogP contribution in [0.3, 0.4) is 0 Å². The Morgan fingerprint density at radius 1 is 1.21 bits per heavy atom. The molecule has 0 saturated carbocycles. The molecular formula is C17H16Cl2N2O3. The van der Waals surface area contributed by atoms with Crippen LogP contribution >= 0.6 is 23.2 Å². The minimum atomic E-state index is -0.618. The van der Waals surface area contributed by atoms with Crippen molar-refractivity contribution in [1.29, 1.82) is 0 Å². The van der Waals surface area contributed by atoms with Gasteiger partial charge < -0.3 is 15.8 Å². The van der Waals surface area contributed by atoms with Crippen molar-refractivity contribution >= 4 is 35.0 Å². The van der Waals surface area contributed by atoms with Crippen LogP contribution in [0.15, 0.2) is 42.5 Å². The van der Waals surface area contributed by atoms with E-state index in [0.29, 0.717) is 10.0 Å². The Hall–Kier alpha value is -2.24. The lowest BCUT2D eigenvalue weighted by Crippen LogP contribution is -2.31. The van der Waals surface area contributed by atoms with Gasteiger partial charge in [0.05, 0.1) is 11.6 Å².